The number of para-hydroxylation sites is 1. The number of amides is 2. The summed E-state index contributed by atoms with van der Waals surface area (Å²) in [5.41, 5.74) is 0.845. The van der Waals surface area contributed by atoms with Crippen molar-refractivity contribution in [3.8, 4) is 0 Å². The van der Waals surface area contributed by atoms with Crippen molar-refractivity contribution in [1.29, 1.82) is 0 Å². The van der Waals surface area contributed by atoms with E-state index in [1.807, 2.05) is 44.4 Å². The molecule has 1 aromatic rings. The van der Waals surface area contributed by atoms with Crippen molar-refractivity contribution < 1.29 is 9.59 Å². The summed E-state index contributed by atoms with van der Waals surface area (Å²) >= 11 is 1.59. The molecule has 0 aliphatic carbocycles. The normalized spacial score (nSPS) is 22.3. The van der Waals surface area contributed by atoms with Gasteiger partial charge in [-0.05, 0) is 31.2 Å². The first kappa shape index (κ1) is 15.9. The van der Waals surface area contributed by atoms with Crippen LogP contribution >= 0.6 is 11.8 Å². The van der Waals surface area contributed by atoms with E-state index in [2.05, 4.69) is 5.32 Å². The Balaban J connectivity index is 2.44. The molecule has 0 spiro atoms. The molecule has 1 fully saturated rings. The van der Waals surface area contributed by atoms with Gasteiger partial charge in [0.25, 0.3) is 0 Å². The molecule has 1 saturated heterocycles. The third kappa shape index (κ3) is 3.07. The Bertz CT molecular complexity index is 533. The molecule has 0 radical (unpaired) electrons. The summed E-state index contributed by atoms with van der Waals surface area (Å²) in [4.78, 5) is 27.9. The molecule has 1 aliphatic rings. The second-order valence-corrected chi connectivity index (χ2v) is 6.00. The maximum atomic E-state index is 12.8. The minimum atomic E-state index is -0.418. The summed E-state index contributed by atoms with van der Waals surface area (Å²) in [7, 11) is 0. The lowest BCUT2D eigenvalue weighted by Crippen LogP contribution is -2.63. The van der Waals surface area contributed by atoms with Gasteiger partial charge in [-0.2, -0.15) is 0 Å². The molecule has 0 bridgehead atoms. The van der Waals surface area contributed by atoms with E-state index < -0.39 is 12.1 Å². The first-order chi connectivity index (χ1) is 10.1. The number of nitrogens with one attached hydrogen (secondary N) is 1. The van der Waals surface area contributed by atoms with E-state index in [1.54, 1.807) is 16.7 Å². The van der Waals surface area contributed by atoms with Crippen LogP contribution in [0, 0.1) is 0 Å². The molecule has 2 unspecified atom stereocenters. The van der Waals surface area contributed by atoms with Gasteiger partial charge >= 0.3 is 0 Å². The molecule has 2 amide bonds. The third-order valence-electron chi connectivity index (χ3n) is 3.78. The lowest BCUT2D eigenvalue weighted by atomic mass is 10.0. The van der Waals surface area contributed by atoms with Gasteiger partial charge in [0.15, 0.2) is 0 Å². The van der Waals surface area contributed by atoms with E-state index in [-0.39, 0.29) is 11.8 Å². The van der Waals surface area contributed by atoms with Gasteiger partial charge in [-0.15, -0.1) is 11.8 Å². The molecule has 2 atom stereocenters. The van der Waals surface area contributed by atoms with Crippen LogP contribution in [0.3, 0.4) is 0 Å². The van der Waals surface area contributed by atoms with Crippen molar-refractivity contribution in [2.24, 2.45) is 0 Å². The number of thioether (sulfide) groups is 1. The van der Waals surface area contributed by atoms with Gasteiger partial charge in [0.2, 0.25) is 11.8 Å². The average molecular weight is 306 g/mol. The van der Waals surface area contributed by atoms with Gasteiger partial charge in [0.05, 0.1) is 5.69 Å². The molecule has 0 saturated carbocycles. The highest BCUT2D eigenvalue weighted by Gasteiger charge is 2.40. The van der Waals surface area contributed by atoms with Gasteiger partial charge in [-0.1, -0.05) is 32.4 Å². The Hall–Kier alpha value is -1.49. The van der Waals surface area contributed by atoms with Crippen molar-refractivity contribution in [3.63, 3.8) is 0 Å². The van der Waals surface area contributed by atoms with Crippen molar-refractivity contribution in [2.45, 2.75) is 50.1 Å². The maximum absolute atomic E-state index is 12.8. The smallest absolute Gasteiger partial charge is 0.250 e. The van der Waals surface area contributed by atoms with Gasteiger partial charge in [-0.3, -0.25) is 14.5 Å². The SMILES string of the molecule is CCCC1NC(=O)C(CC)N(c2ccccc2SC)C1=O. The second-order valence-electron chi connectivity index (χ2n) is 5.15. The number of carbonyl (C=O) groups is 2. The molecule has 114 valence electrons. The third-order valence-corrected chi connectivity index (χ3v) is 4.56. The highest BCUT2D eigenvalue weighted by atomic mass is 32.2. The van der Waals surface area contributed by atoms with E-state index in [0.717, 1.165) is 17.0 Å². The summed E-state index contributed by atoms with van der Waals surface area (Å²) in [6.45, 7) is 3.96. The lowest BCUT2D eigenvalue weighted by Gasteiger charge is -2.39. The van der Waals surface area contributed by atoms with Crippen molar-refractivity contribution in [1.82, 2.24) is 5.32 Å². The highest BCUT2D eigenvalue weighted by molar-refractivity contribution is 7.98. The van der Waals surface area contributed by atoms with Crippen LogP contribution in [0.4, 0.5) is 5.69 Å². The summed E-state index contributed by atoms with van der Waals surface area (Å²) < 4.78 is 0. The quantitative estimate of drug-likeness (QED) is 0.851. The molecule has 21 heavy (non-hydrogen) atoms. The topological polar surface area (TPSA) is 49.4 Å². The number of carbonyl (C=O) groups excluding carboxylic acids is 2. The fourth-order valence-corrected chi connectivity index (χ4v) is 3.33. The number of benzene rings is 1. The number of hydrogen-bond acceptors (Lipinski definition) is 3. The monoisotopic (exact) mass is 306 g/mol. The first-order valence-corrected chi connectivity index (χ1v) is 8.62. The molecule has 2 rings (SSSR count). The molecule has 0 aromatic heterocycles. The zero-order valence-electron chi connectivity index (χ0n) is 12.8. The largest absolute Gasteiger partial charge is 0.342 e. The Kier molecular flexibility index (Phi) is 5.28. The summed E-state index contributed by atoms with van der Waals surface area (Å²) in [6.07, 6.45) is 4.14. The van der Waals surface area contributed by atoms with E-state index >= 15 is 0 Å². The predicted octanol–water partition coefficient (Wildman–Crippen LogP) is 2.82. The van der Waals surface area contributed by atoms with Crippen LogP contribution in [-0.4, -0.2) is 30.2 Å². The minimum absolute atomic E-state index is 0.00444. The van der Waals surface area contributed by atoms with Crippen molar-refractivity contribution in [3.05, 3.63) is 24.3 Å². The fourth-order valence-electron chi connectivity index (χ4n) is 2.74. The molecular formula is C16H22N2O2S. The van der Waals surface area contributed by atoms with Gasteiger partial charge in [-0.25, -0.2) is 0 Å². The standard InChI is InChI=1S/C16H22N2O2S/c1-4-8-11-16(20)18(12(5-2)15(19)17-11)13-9-6-7-10-14(13)21-3/h6-7,9-12H,4-5,8H2,1-3H3,(H,17,19). The van der Waals surface area contributed by atoms with Gasteiger partial charge in [0.1, 0.15) is 12.1 Å². The fraction of sp³-hybridized carbons (Fsp3) is 0.500. The Morgan fingerprint density at radius 1 is 1.24 bits per heavy atom. The highest BCUT2D eigenvalue weighted by Crippen LogP contribution is 2.32. The van der Waals surface area contributed by atoms with Crippen LogP contribution in [0.2, 0.25) is 0 Å². The first-order valence-electron chi connectivity index (χ1n) is 7.40. The molecule has 5 heteroatoms. The maximum Gasteiger partial charge on any atom is 0.250 e. The summed E-state index contributed by atoms with van der Waals surface area (Å²) in [5, 5.41) is 2.87. The van der Waals surface area contributed by atoms with Crippen molar-refractivity contribution in [2.75, 3.05) is 11.2 Å². The van der Waals surface area contributed by atoms with E-state index in [0.29, 0.717) is 12.8 Å². The zero-order chi connectivity index (χ0) is 15.4. The number of piperazine rings is 1. The zero-order valence-corrected chi connectivity index (χ0v) is 13.6. The summed E-state index contributed by atoms with van der Waals surface area (Å²) in [6, 6.07) is 6.96. The molecule has 1 aliphatic heterocycles. The van der Waals surface area contributed by atoms with Crippen LogP contribution < -0.4 is 10.2 Å². The molecule has 1 N–H and O–H groups in total. The Morgan fingerprint density at radius 2 is 1.95 bits per heavy atom. The van der Waals surface area contributed by atoms with Crippen LogP contribution in [0.15, 0.2) is 29.2 Å². The lowest BCUT2D eigenvalue weighted by molar-refractivity contribution is -0.134. The second kappa shape index (κ2) is 6.98. The summed E-state index contributed by atoms with van der Waals surface area (Å²) in [5.74, 6) is -0.0451. The predicted molar refractivity (Wildman–Crippen MR) is 86.6 cm³/mol. The minimum Gasteiger partial charge on any atom is -0.342 e. The van der Waals surface area contributed by atoms with Gasteiger partial charge in [0, 0.05) is 4.90 Å². The van der Waals surface area contributed by atoms with Crippen LogP contribution in [0.1, 0.15) is 33.1 Å². The van der Waals surface area contributed by atoms with Crippen LogP contribution in [0.25, 0.3) is 0 Å². The van der Waals surface area contributed by atoms with Crippen molar-refractivity contribution >= 4 is 29.3 Å². The Labute approximate surface area is 130 Å². The number of rotatable bonds is 5. The molecule has 1 heterocycles. The average Bonchev–Trinajstić information content (AvgIpc) is 2.50. The van der Waals surface area contributed by atoms with E-state index in [9.17, 15) is 9.59 Å². The Morgan fingerprint density at radius 3 is 2.57 bits per heavy atom. The van der Waals surface area contributed by atoms with Crippen LogP contribution in [0.5, 0.6) is 0 Å². The number of hydrogen-bond donors (Lipinski definition) is 1. The van der Waals surface area contributed by atoms with Gasteiger partial charge < -0.3 is 5.32 Å². The number of anilines is 1. The van der Waals surface area contributed by atoms with E-state index in [1.165, 1.54) is 0 Å². The number of nitrogens with zero attached hydrogens (tertiary/aromatic N) is 1. The molecular weight excluding hydrogens is 284 g/mol. The van der Waals surface area contributed by atoms with Crippen LogP contribution in [-0.2, 0) is 9.59 Å². The molecule has 1 aromatic carbocycles. The van der Waals surface area contributed by atoms with E-state index in [4.69, 9.17) is 0 Å². The molecule has 4 nitrogen and oxygen atoms in total.